The van der Waals surface area contributed by atoms with Crippen molar-refractivity contribution >= 4 is 64.1 Å². The van der Waals surface area contributed by atoms with Crippen LogP contribution >= 0.6 is 47.4 Å². The quantitative estimate of drug-likeness (QED) is 0.767. The Bertz CT molecular complexity index is 616. The van der Waals surface area contributed by atoms with Crippen LogP contribution in [-0.4, -0.2) is 41.0 Å². The standard InChI is InChI=1S/C15H17Cl2N3OS.ClH/c1-9(21)20(13-6-10(16)5-11(17)7-13)14-8-22-15(19(14)2)18-12-3-4-12;/h5-7,12,14H,3-4,8H2,1-2H3;1H. The molecule has 2 fully saturated rings. The molecule has 0 aromatic heterocycles. The lowest BCUT2D eigenvalue weighted by Gasteiger charge is -2.33. The zero-order valence-electron chi connectivity index (χ0n) is 12.8. The van der Waals surface area contributed by atoms with Crippen LogP contribution in [0.5, 0.6) is 0 Å². The second-order valence-electron chi connectivity index (χ2n) is 5.56. The molecule has 1 unspecified atom stereocenters. The van der Waals surface area contributed by atoms with E-state index in [2.05, 4.69) is 4.90 Å². The minimum Gasteiger partial charge on any atom is -0.333 e. The fourth-order valence-electron chi connectivity index (χ4n) is 2.47. The van der Waals surface area contributed by atoms with Crippen LogP contribution < -0.4 is 4.90 Å². The van der Waals surface area contributed by atoms with E-state index in [1.807, 2.05) is 7.05 Å². The fraction of sp³-hybridized carbons (Fsp3) is 0.467. The smallest absolute Gasteiger partial charge is 0.225 e. The molecule has 0 bridgehead atoms. The Hall–Kier alpha value is -0.620. The van der Waals surface area contributed by atoms with Gasteiger partial charge in [-0.15, -0.1) is 12.4 Å². The molecule has 4 nitrogen and oxygen atoms in total. The number of carbonyl (C=O) groups is 1. The number of halogens is 3. The number of thioether (sulfide) groups is 1. The van der Waals surface area contributed by atoms with Crippen molar-refractivity contribution in [2.75, 3.05) is 17.7 Å². The van der Waals surface area contributed by atoms with Gasteiger partial charge in [-0.3, -0.25) is 14.7 Å². The van der Waals surface area contributed by atoms with Gasteiger partial charge in [0, 0.05) is 35.5 Å². The number of rotatable bonds is 3. The highest BCUT2D eigenvalue weighted by molar-refractivity contribution is 8.14. The molecule has 126 valence electrons. The van der Waals surface area contributed by atoms with Crippen molar-refractivity contribution in [3.8, 4) is 0 Å². The number of hydrogen-bond donors (Lipinski definition) is 0. The Labute approximate surface area is 156 Å². The molecule has 1 aliphatic carbocycles. The van der Waals surface area contributed by atoms with Gasteiger partial charge in [-0.2, -0.15) is 0 Å². The van der Waals surface area contributed by atoms with E-state index in [0.717, 1.165) is 16.6 Å². The van der Waals surface area contributed by atoms with Gasteiger partial charge in [0.2, 0.25) is 5.91 Å². The van der Waals surface area contributed by atoms with Crippen LogP contribution in [0.25, 0.3) is 0 Å². The third-order valence-electron chi connectivity index (χ3n) is 3.71. The van der Waals surface area contributed by atoms with Crippen molar-refractivity contribution in [2.45, 2.75) is 32.0 Å². The summed E-state index contributed by atoms with van der Waals surface area (Å²) in [5.41, 5.74) is 0.718. The second-order valence-corrected chi connectivity index (χ2v) is 7.42. The molecule has 1 amide bonds. The van der Waals surface area contributed by atoms with Gasteiger partial charge >= 0.3 is 0 Å². The largest absolute Gasteiger partial charge is 0.333 e. The van der Waals surface area contributed by atoms with Crippen molar-refractivity contribution in [1.82, 2.24) is 4.90 Å². The Morgan fingerprint density at radius 2 is 1.91 bits per heavy atom. The maximum absolute atomic E-state index is 12.2. The highest BCUT2D eigenvalue weighted by Gasteiger charge is 2.36. The first-order chi connectivity index (χ1) is 10.5. The molecule has 8 heteroatoms. The van der Waals surface area contributed by atoms with E-state index in [4.69, 9.17) is 28.2 Å². The minimum absolute atomic E-state index is 0. The van der Waals surface area contributed by atoms with Gasteiger partial charge in [0.05, 0.1) is 6.04 Å². The molecule has 1 saturated heterocycles. The van der Waals surface area contributed by atoms with Crippen molar-refractivity contribution in [1.29, 1.82) is 0 Å². The molecule has 1 saturated carbocycles. The first kappa shape index (κ1) is 18.7. The number of nitrogens with zero attached hydrogens (tertiary/aromatic N) is 3. The van der Waals surface area contributed by atoms with Crippen LogP contribution in [0.3, 0.4) is 0 Å². The van der Waals surface area contributed by atoms with Crippen LogP contribution in [0.4, 0.5) is 5.69 Å². The number of carbonyl (C=O) groups excluding carboxylic acids is 1. The highest BCUT2D eigenvalue weighted by Crippen LogP contribution is 2.34. The topological polar surface area (TPSA) is 35.9 Å². The molecular formula is C15H18Cl3N3OS. The lowest BCUT2D eigenvalue weighted by Crippen LogP contribution is -2.48. The van der Waals surface area contributed by atoms with E-state index in [1.54, 1.807) is 41.8 Å². The van der Waals surface area contributed by atoms with Crippen molar-refractivity contribution in [3.63, 3.8) is 0 Å². The molecule has 1 aromatic rings. The molecule has 23 heavy (non-hydrogen) atoms. The Balaban J connectivity index is 0.00000192. The third-order valence-corrected chi connectivity index (χ3v) is 5.27. The van der Waals surface area contributed by atoms with Crippen LogP contribution in [-0.2, 0) is 4.79 Å². The number of hydrogen-bond acceptors (Lipinski definition) is 3. The third kappa shape index (κ3) is 4.27. The van der Waals surface area contributed by atoms with Crippen LogP contribution in [0.15, 0.2) is 23.2 Å². The maximum Gasteiger partial charge on any atom is 0.225 e. The van der Waals surface area contributed by atoms with Crippen molar-refractivity contribution in [3.05, 3.63) is 28.2 Å². The van der Waals surface area contributed by atoms with Gasteiger partial charge in [0.25, 0.3) is 0 Å². The van der Waals surface area contributed by atoms with E-state index in [0.29, 0.717) is 16.1 Å². The summed E-state index contributed by atoms with van der Waals surface area (Å²) in [6.45, 7) is 1.56. The molecule has 2 aliphatic rings. The van der Waals surface area contributed by atoms with Gasteiger partial charge in [0.15, 0.2) is 5.17 Å². The Kier molecular flexibility index (Phi) is 6.11. The van der Waals surface area contributed by atoms with E-state index in [9.17, 15) is 4.79 Å². The van der Waals surface area contributed by atoms with E-state index < -0.39 is 0 Å². The summed E-state index contributed by atoms with van der Waals surface area (Å²) >= 11 is 13.9. The Morgan fingerprint density at radius 3 is 2.43 bits per heavy atom. The van der Waals surface area contributed by atoms with Gasteiger partial charge < -0.3 is 4.90 Å². The van der Waals surface area contributed by atoms with Gasteiger partial charge in [0.1, 0.15) is 6.17 Å². The average Bonchev–Trinajstić information content (AvgIpc) is 3.16. The molecular weight excluding hydrogens is 377 g/mol. The average molecular weight is 395 g/mol. The summed E-state index contributed by atoms with van der Waals surface area (Å²) in [5.74, 6) is 0.745. The summed E-state index contributed by atoms with van der Waals surface area (Å²) in [6.07, 6.45) is 2.26. The molecule has 0 N–H and O–H groups in total. The van der Waals surface area contributed by atoms with Gasteiger partial charge in [-0.25, -0.2) is 0 Å². The molecule has 1 atom stereocenters. The van der Waals surface area contributed by atoms with Crippen LogP contribution in [0.2, 0.25) is 10.0 Å². The summed E-state index contributed by atoms with van der Waals surface area (Å²) in [5, 5.41) is 2.05. The summed E-state index contributed by atoms with van der Waals surface area (Å²) in [7, 11) is 1.98. The number of amidine groups is 1. The van der Waals surface area contributed by atoms with Crippen molar-refractivity contribution < 1.29 is 4.79 Å². The number of benzene rings is 1. The molecule has 1 aromatic carbocycles. The van der Waals surface area contributed by atoms with E-state index in [1.165, 1.54) is 12.8 Å². The predicted molar refractivity (Wildman–Crippen MR) is 101 cm³/mol. The predicted octanol–water partition coefficient (Wildman–Crippen LogP) is 4.29. The Morgan fingerprint density at radius 1 is 1.30 bits per heavy atom. The number of amides is 1. The summed E-state index contributed by atoms with van der Waals surface area (Å²) in [6, 6.07) is 5.67. The summed E-state index contributed by atoms with van der Waals surface area (Å²) in [4.78, 5) is 20.7. The fourth-order valence-corrected chi connectivity index (χ4v) is 4.20. The summed E-state index contributed by atoms with van der Waals surface area (Å²) < 4.78 is 0. The van der Waals surface area contributed by atoms with Crippen LogP contribution in [0.1, 0.15) is 19.8 Å². The molecule has 0 spiro atoms. The lowest BCUT2D eigenvalue weighted by molar-refractivity contribution is -0.117. The van der Waals surface area contributed by atoms with Gasteiger partial charge in [-0.1, -0.05) is 35.0 Å². The molecule has 1 heterocycles. The normalized spacial score (nSPS) is 22.2. The maximum atomic E-state index is 12.2. The SMILES string of the molecule is CC(=O)N(c1cc(Cl)cc(Cl)c1)C1CSC(=NC2CC2)N1C.Cl. The molecule has 1 aliphatic heterocycles. The van der Waals surface area contributed by atoms with Gasteiger partial charge in [-0.05, 0) is 31.0 Å². The first-order valence-electron chi connectivity index (χ1n) is 7.15. The zero-order valence-corrected chi connectivity index (χ0v) is 16.0. The highest BCUT2D eigenvalue weighted by atomic mass is 35.5. The first-order valence-corrected chi connectivity index (χ1v) is 8.89. The second kappa shape index (κ2) is 7.51. The van der Waals surface area contributed by atoms with Crippen LogP contribution in [0, 0.1) is 0 Å². The van der Waals surface area contributed by atoms with Crippen molar-refractivity contribution in [2.24, 2.45) is 4.99 Å². The number of aliphatic imine (C=N–C) groups is 1. The molecule has 3 rings (SSSR count). The molecule has 0 radical (unpaired) electrons. The number of anilines is 1. The zero-order chi connectivity index (χ0) is 15.9. The lowest BCUT2D eigenvalue weighted by atomic mass is 10.2. The van der Waals surface area contributed by atoms with E-state index >= 15 is 0 Å². The monoisotopic (exact) mass is 393 g/mol. The minimum atomic E-state index is -0.0745. The van der Waals surface area contributed by atoms with E-state index in [-0.39, 0.29) is 24.5 Å².